The molecule has 1 nitrogen and oxygen atoms in total. The van der Waals surface area contributed by atoms with Crippen LogP contribution in [0.3, 0.4) is 0 Å². The van der Waals surface area contributed by atoms with Crippen LogP contribution < -0.4 is 5.73 Å². The van der Waals surface area contributed by atoms with Crippen LogP contribution in [0.4, 0.5) is 4.39 Å². The summed E-state index contributed by atoms with van der Waals surface area (Å²) < 4.78 is 13.0. The predicted molar refractivity (Wildman–Crippen MR) is 55.6 cm³/mol. The minimum Gasteiger partial charge on any atom is -0.324 e. The molecule has 0 aliphatic heterocycles. The minimum atomic E-state index is -0.170. The molecule has 2 N–H and O–H groups in total. The van der Waals surface area contributed by atoms with Gasteiger partial charge in [0, 0.05) is 6.04 Å². The smallest absolute Gasteiger partial charge is 0.126 e. The number of halogens is 2. The largest absolute Gasteiger partial charge is 0.324 e. The number of hydrogen-bond donors (Lipinski definition) is 1. The SMILES string of the molecule is CC[C@H](N)c1ccc(C)c(F)c1.Cl. The van der Waals surface area contributed by atoms with Gasteiger partial charge in [-0.3, -0.25) is 0 Å². The van der Waals surface area contributed by atoms with Crippen LogP contribution in [0.25, 0.3) is 0 Å². The highest BCUT2D eigenvalue weighted by atomic mass is 35.5. The van der Waals surface area contributed by atoms with Gasteiger partial charge in [0.15, 0.2) is 0 Å². The molecule has 0 amide bonds. The molecule has 0 spiro atoms. The van der Waals surface area contributed by atoms with Crippen molar-refractivity contribution in [2.75, 3.05) is 0 Å². The molecule has 0 aliphatic carbocycles. The van der Waals surface area contributed by atoms with Gasteiger partial charge in [-0.05, 0) is 30.5 Å². The molecule has 0 heterocycles. The average Bonchev–Trinajstić information content (AvgIpc) is 2.08. The van der Waals surface area contributed by atoms with Crippen molar-refractivity contribution in [1.29, 1.82) is 0 Å². The molecule has 0 aliphatic rings. The maximum Gasteiger partial charge on any atom is 0.126 e. The average molecular weight is 204 g/mol. The van der Waals surface area contributed by atoms with Gasteiger partial charge >= 0.3 is 0 Å². The Labute approximate surface area is 84.5 Å². The predicted octanol–water partition coefficient (Wildman–Crippen LogP) is 2.97. The first-order chi connectivity index (χ1) is 5.65. The standard InChI is InChI=1S/C10H14FN.ClH/c1-3-10(12)8-5-4-7(2)9(11)6-8;/h4-6,10H,3,12H2,1-2H3;1H/t10-;/m0./s1. The van der Waals surface area contributed by atoms with Gasteiger partial charge in [0.2, 0.25) is 0 Å². The molecule has 74 valence electrons. The maximum atomic E-state index is 13.0. The van der Waals surface area contributed by atoms with Gasteiger partial charge in [-0.15, -0.1) is 12.4 Å². The maximum absolute atomic E-state index is 13.0. The molecule has 13 heavy (non-hydrogen) atoms. The quantitative estimate of drug-likeness (QED) is 0.786. The van der Waals surface area contributed by atoms with Gasteiger partial charge < -0.3 is 5.73 Å². The van der Waals surface area contributed by atoms with E-state index < -0.39 is 0 Å². The van der Waals surface area contributed by atoms with Crippen molar-refractivity contribution in [1.82, 2.24) is 0 Å². The van der Waals surface area contributed by atoms with Crippen molar-refractivity contribution in [3.8, 4) is 0 Å². The fourth-order valence-electron chi connectivity index (χ4n) is 1.08. The van der Waals surface area contributed by atoms with E-state index >= 15 is 0 Å². The zero-order chi connectivity index (χ0) is 9.14. The lowest BCUT2D eigenvalue weighted by atomic mass is 10.0. The molecule has 0 aromatic heterocycles. The summed E-state index contributed by atoms with van der Waals surface area (Å²) in [6.45, 7) is 3.74. The summed E-state index contributed by atoms with van der Waals surface area (Å²) in [7, 11) is 0. The van der Waals surface area contributed by atoms with Gasteiger partial charge in [0.05, 0.1) is 0 Å². The molecule has 1 rings (SSSR count). The Balaban J connectivity index is 0.00000144. The fourth-order valence-corrected chi connectivity index (χ4v) is 1.08. The Kier molecular flexibility index (Phi) is 4.96. The third-order valence-electron chi connectivity index (χ3n) is 2.06. The van der Waals surface area contributed by atoms with E-state index in [0.29, 0.717) is 5.56 Å². The second-order valence-corrected chi connectivity index (χ2v) is 3.02. The highest BCUT2D eigenvalue weighted by Crippen LogP contribution is 2.16. The van der Waals surface area contributed by atoms with Gasteiger partial charge in [-0.1, -0.05) is 19.1 Å². The van der Waals surface area contributed by atoms with Crippen molar-refractivity contribution in [2.24, 2.45) is 5.73 Å². The molecule has 0 bridgehead atoms. The molecule has 1 aromatic rings. The van der Waals surface area contributed by atoms with Crippen molar-refractivity contribution >= 4 is 12.4 Å². The highest BCUT2D eigenvalue weighted by molar-refractivity contribution is 5.85. The van der Waals surface area contributed by atoms with Crippen molar-refractivity contribution in [2.45, 2.75) is 26.3 Å². The third-order valence-corrected chi connectivity index (χ3v) is 2.06. The number of nitrogens with two attached hydrogens (primary N) is 1. The number of aryl methyl sites for hydroxylation is 1. The van der Waals surface area contributed by atoms with E-state index in [9.17, 15) is 4.39 Å². The molecule has 0 saturated heterocycles. The summed E-state index contributed by atoms with van der Waals surface area (Å²) in [6.07, 6.45) is 0.836. The molecule has 3 heteroatoms. The first kappa shape index (κ1) is 12.4. The van der Waals surface area contributed by atoms with Gasteiger partial charge in [-0.25, -0.2) is 4.39 Å². The van der Waals surface area contributed by atoms with E-state index in [2.05, 4.69) is 0 Å². The number of benzene rings is 1. The molecule has 0 saturated carbocycles. The third kappa shape index (κ3) is 2.98. The van der Waals surface area contributed by atoms with Crippen LogP contribution in [-0.4, -0.2) is 0 Å². The Morgan fingerprint density at radius 1 is 1.46 bits per heavy atom. The van der Waals surface area contributed by atoms with Crippen LogP contribution in [-0.2, 0) is 0 Å². The van der Waals surface area contributed by atoms with E-state index in [0.717, 1.165) is 12.0 Å². The van der Waals surface area contributed by atoms with Crippen LogP contribution >= 0.6 is 12.4 Å². The summed E-state index contributed by atoms with van der Waals surface area (Å²) >= 11 is 0. The lowest BCUT2D eigenvalue weighted by molar-refractivity contribution is 0.608. The minimum absolute atomic E-state index is 0. The summed E-state index contributed by atoms with van der Waals surface area (Å²) in [5.41, 5.74) is 7.29. The molecule has 1 atom stereocenters. The van der Waals surface area contributed by atoms with Crippen molar-refractivity contribution in [3.05, 3.63) is 35.1 Å². The highest BCUT2D eigenvalue weighted by Gasteiger charge is 2.04. The van der Waals surface area contributed by atoms with Gasteiger partial charge in [0.1, 0.15) is 5.82 Å². The second-order valence-electron chi connectivity index (χ2n) is 3.02. The van der Waals surface area contributed by atoms with Crippen molar-refractivity contribution in [3.63, 3.8) is 0 Å². The lowest BCUT2D eigenvalue weighted by Crippen LogP contribution is -2.08. The molecule has 0 radical (unpaired) electrons. The molecule has 0 fully saturated rings. The van der Waals surface area contributed by atoms with Crippen molar-refractivity contribution < 1.29 is 4.39 Å². The Bertz CT molecular complexity index is 276. The van der Waals surface area contributed by atoms with E-state index in [4.69, 9.17) is 5.73 Å². The van der Waals surface area contributed by atoms with E-state index in [1.54, 1.807) is 13.0 Å². The summed E-state index contributed by atoms with van der Waals surface area (Å²) in [6, 6.07) is 5.12. The van der Waals surface area contributed by atoms with E-state index in [1.807, 2.05) is 13.0 Å². The first-order valence-corrected chi connectivity index (χ1v) is 4.16. The second kappa shape index (κ2) is 5.20. The monoisotopic (exact) mass is 203 g/mol. The topological polar surface area (TPSA) is 26.0 Å². The zero-order valence-corrected chi connectivity index (χ0v) is 8.70. The lowest BCUT2D eigenvalue weighted by Gasteiger charge is -2.09. The molecule has 0 unspecified atom stereocenters. The van der Waals surface area contributed by atoms with Gasteiger partial charge in [0.25, 0.3) is 0 Å². The molecular weight excluding hydrogens is 189 g/mol. The summed E-state index contributed by atoms with van der Waals surface area (Å²) in [5.74, 6) is -0.170. The molecule has 1 aromatic carbocycles. The Morgan fingerprint density at radius 2 is 2.08 bits per heavy atom. The fraction of sp³-hybridized carbons (Fsp3) is 0.400. The van der Waals surface area contributed by atoms with Crippen LogP contribution in [0.2, 0.25) is 0 Å². The summed E-state index contributed by atoms with van der Waals surface area (Å²) in [4.78, 5) is 0. The summed E-state index contributed by atoms with van der Waals surface area (Å²) in [5, 5.41) is 0. The number of rotatable bonds is 2. The Morgan fingerprint density at radius 3 is 2.54 bits per heavy atom. The van der Waals surface area contributed by atoms with Crippen LogP contribution in [0, 0.1) is 12.7 Å². The zero-order valence-electron chi connectivity index (χ0n) is 7.88. The molecular formula is C10H15ClFN. The van der Waals surface area contributed by atoms with E-state index in [-0.39, 0.29) is 24.3 Å². The first-order valence-electron chi connectivity index (χ1n) is 4.16. The normalized spacial score (nSPS) is 12.0. The number of hydrogen-bond acceptors (Lipinski definition) is 1. The Hall–Kier alpha value is -0.600. The van der Waals surface area contributed by atoms with Crippen LogP contribution in [0.1, 0.15) is 30.5 Å². The van der Waals surface area contributed by atoms with Crippen LogP contribution in [0.15, 0.2) is 18.2 Å². The van der Waals surface area contributed by atoms with Crippen LogP contribution in [0.5, 0.6) is 0 Å². The van der Waals surface area contributed by atoms with E-state index in [1.165, 1.54) is 6.07 Å². The van der Waals surface area contributed by atoms with Gasteiger partial charge in [-0.2, -0.15) is 0 Å².